The standard InChI is InChI=1S/C16H23N3OS/c1-4-11-9-12-14(18-16(17-3)19-15(12)21-11)20-13-8-6-5-7-10(13)2/h9-10,13H,4-8H2,1-3H3,(H,17,18,19). The molecule has 1 fully saturated rings. The lowest BCUT2D eigenvalue weighted by Crippen LogP contribution is -2.28. The first-order chi connectivity index (χ1) is 10.2. The SMILES string of the molecule is CCc1cc2c(OC3CCCCC3C)nc(NC)nc2s1. The third-order valence-corrected chi connectivity index (χ3v) is 5.45. The molecule has 0 aliphatic heterocycles. The average Bonchev–Trinajstić information content (AvgIpc) is 2.92. The molecule has 5 heteroatoms. The smallest absolute Gasteiger partial charge is 0.227 e. The second-order valence-corrected chi connectivity index (χ2v) is 6.92. The van der Waals surface area contributed by atoms with Crippen molar-refractivity contribution in [3.05, 3.63) is 10.9 Å². The van der Waals surface area contributed by atoms with Gasteiger partial charge in [-0.3, -0.25) is 0 Å². The van der Waals surface area contributed by atoms with Crippen LogP contribution in [0.4, 0.5) is 5.95 Å². The van der Waals surface area contributed by atoms with E-state index in [1.165, 1.54) is 24.1 Å². The van der Waals surface area contributed by atoms with Crippen LogP contribution in [0.25, 0.3) is 10.2 Å². The highest BCUT2D eigenvalue weighted by Crippen LogP contribution is 2.34. The van der Waals surface area contributed by atoms with Gasteiger partial charge in [-0.2, -0.15) is 4.98 Å². The van der Waals surface area contributed by atoms with Crippen molar-refractivity contribution in [3.8, 4) is 5.88 Å². The van der Waals surface area contributed by atoms with Gasteiger partial charge in [0.15, 0.2) is 0 Å². The van der Waals surface area contributed by atoms with Crippen molar-refractivity contribution >= 4 is 27.5 Å². The van der Waals surface area contributed by atoms with E-state index in [9.17, 15) is 0 Å². The second-order valence-electron chi connectivity index (χ2n) is 5.81. The number of nitrogens with zero attached hydrogens (tertiary/aromatic N) is 2. The van der Waals surface area contributed by atoms with Gasteiger partial charge < -0.3 is 10.1 Å². The van der Waals surface area contributed by atoms with Crippen molar-refractivity contribution in [1.82, 2.24) is 9.97 Å². The van der Waals surface area contributed by atoms with Crippen LogP contribution in [0.3, 0.4) is 0 Å². The molecule has 0 radical (unpaired) electrons. The summed E-state index contributed by atoms with van der Waals surface area (Å²) in [6.45, 7) is 4.45. The van der Waals surface area contributed by atoms with Crippen LogP contribution >= 0.6 is 11.3 Å². The van der Waals surface area contributed by atoms with Crippen molar-refractivity contribution < 1.29 is 4.74 Å². The van der Waals surface area contributed by atoms with Gasteiger partial charge in [0.25, 0.3) is 0 Å². The molecule has 2 atom stereocenters. The first-order valence-corrected chi connectivity index (χ1v) is 8.67. The molecule has 0 amide bonds. The molecule has 2 aromatic rings. The zero-order valence-electron chi connectivity index (χ0n) is 13.0. The summed E-state index contributed by atoms with van der Waals surface area (Å²) in [7, 11) is 1.85. The summed E-state index contributed by atoms with van der Waals surface area (Å²) in [6.07, 6.45) is 6.27. The first-order valence-electron chi connectivity index (χ1n) is 7.86. The van der Waals surface area contributed by atoms with Crippen molar-refractivity contribution in [3.63, 3.8) is 0 Å². The minimum atomic E-state index is 0.284. The number of aryl methyl sites for hydroxylation is 1. The molecule has 3 rings (SSSR count). The number of rotatable bonds is 4. The van der Waals surface area contributed by atoms with Gasteiger partial charge in [-0.1, -0.05) is 20.3 Å². The molecule has 4 nitrogen and oxygen atoms in total. The van der Waals surface area contributed by atoms with Crippen molar-refractivity contribution in [1.29, 1.82) is 0 Å². The quantitative estimate of drug-likeness (QED) is 0.917. The van der Waals surface area contributed by atoms with Gasteiger partial charge in [-0.15, -0.1) is 11.3 Å². The van der Waals surface area contributed by atoms with Crippen LogP contribution in [-0.2, 0) is 6.42 Å². The van der Waals surface area contributed by atoms with Crippen LogP contribution in [0.2, 0.25) is 0 Å². The predicted octanol–water partition coefficient (Wildman–Crippen LogP) is 4.25. The number of fused-ring (bicyclic) bond motifs is 1. The van der Waals surface area contributed by atoms with E-state index in [2.05, 4.69) is 35.2 Å². The Bertz CT molecular complexity index is 625. The summed E-state index contributed by atoms with van der Waals surface area (Å²) in [5.41, 5.74) is 0. The summed E-state index contributed by atoms with van der Waals surface area (Å²) in [5, 5.41) is 4.10. The first kappa shape index (κ1) is 14.6. The minimum Gasteiger partial charge on any atom is -0.473 e. The molecule has 1 saturated carbocycles. The fraction of sp³-hybridized carbons (Fsp3) is 0.625. The maximum absolute atomic E-state index is 6.30. The third kappa shape index (κ3) is 2.98. The average molecular weight is 305 g/mol. The lowest BCUT2D eigenvalue weighted by Gasteiger charge is -2.29. The molecule has 0 spiro atoms. The summed E-state index contributed by atoms with van der Waals surface area (Å²) in [6, 6.07) is 2.18. The molecule has 0 saturated heterocycles. The van der Waals surface area contributed by atoms with Gasteiger partial charge in [0.1, 0.15) is 10.9 Å². The highest BCUT2D eigenvalue weighted by molar-refractivity contribution is 7.18. The van der Waals surface area contributed by atoms with Crippen molar-refractivity contribution in [2.75, 3.05) is 12.4 Å². The fourth-order valence-corrected chi connectivity index (χ4v) is 3.88. The summed E-state index contributed by atoms with van der Waals surface area (Å²) in [4.78, 5) is 11.5. The van der Waals surface area contributed by atoms with Crippen LogP contribution in [0, 0.1) is 5.92 Å². The van der Waals surface area contributed by atoms with Crippen LogP contribution < -0.4 is 10.1 Å². The van der Waals surface area contributed by atoms with Gasteiger partial charge in [0.2, 0.25) is 11.8 Å². The largest absolute Gasteiger partial charge is 0.473 e. The monoisotopic (exact) mass is 305 g/mol. The molecule has 1 aliphatic carbocycles. The number of thiophene rings is 1. The minimum absolute atomic E-state index is 0.284. The molecular weight excluding hydrogens is 282 g/mol. The Morgan fingerprint density at radius 2 is 2.14 bits per heavy atom. The highest BCUT2D eigenvalue weighted by atomic mass is 32.1. The van der Waals surface area contributed by atoms with E-state index in [0.717, 1.165) is 28.9 Å². The zero-order valence-corrected chi connectivity index (χ0v) is 13.8. The molecule has 2 heterocycles. The van der Waals surface area contributed by atoms with E-state index in [1.807, 2.05) is 7.05 Å². The lowest BCUT2D eigenvalue weighted by atomic mass is 9.88. The molecule has 0 aromatic carbocycles. The Hall–Kier alpha value is -1.36. The molecule has 114 valence electrons. The van der Waals surface area contributed by atoms with Crippen LogP contribution in [0.1, 0.15) is 44.4 Å². The molecular formula is C16H23N3OS. The fourth-order valence-electron chi connectivity index (χ4n) is 2.92. The number of nitrogens with one attached hydrogen (secondary N) is 1. The van der Waals surface area contributed by atoms with Crippen molar-refractivity contribution in [2.45, 2.75) is 52.1 Å². The van der Waals surface area contributed by atoms with Gasteiger partial charge in [0, 0.05) is 11.9 Å². The van der Waals surface area contributed by atoms with E-state index >= 15 is 0 Å². The van der Waals surface area contributed by atoms with E-state index < -0.39 is 0 Å². The Morgan fingerprint density at radius 1 is 1.33 bits per heavy atom. The molecule has 2 aromatic heterocycles. The lowest BCUT2D eigenvalue weighted by molar-refractivity contribution is 0.0994. The Morgan fingerprint density at radius 3 is 2.86 bits per heavy atom. The summed E-state index contributed by atoms with van der Waals surface area (Å²) in [5.74, 6) is 2.00. The summed E-state index contributed by atoms with van der Waals surface area (Å²) >= 11 is 1.73. The Labute approximate surface area is 129 Å². The van der Waals surface area contributed by atoms with E-state index in [0.29, 0.717) is 11.9 Å². The van der Waals surface area contributed by atoms with Gasteiger partial charge in [-0.05, 0) is 37.7 Å². The van der Waals surface area contributed by atoms with E-state index in [-0.39, 0.29) is 6.10 Å². The molecule has 1 aliphatic rings. The Kier molecular flexibility index (Phi) is 4.29. The van der Waals surface area contributed by atoms with Crippen LogP contribution in [0.15, 0.2) is 6.07 Å². The highest BCUT2D eigenvalue weighted by Gasteiger charge is 2.24. The number of aromatic nitrogens is 2. The van der Waals surface area contributed by atoms with Crippen LogP contribution in [0.5, 0.6) is 5.88 Å². The topological polar surface area (TPSA) is 47.0 Å². The van der Waals surface area contributed by atoms with Gasteiger partial charge in [-0.25, -0.2) is 4.98 Å². The van der Waals surface area contributed by atoms with Crippen LogP contribution in [-0.4, -0.2) is 23.1 Å². The number of hydrogen-bond acceptors (Lipinski definition) is 5. The maximum atomic E-state index is 6.30. The predicted molar refractivity (Wildman–Crippen MR) is 88.4 cm³/mol. The molecule has 1 N–H and O–H groups in total. The van der Waals surface area contributed by atoms with E-state index in [1.54, 1.807) is 11.3 Å². The second kappa shape index (κ2) is 6.18. The molecule has 0 bridgehead atoms. The zero-order chi connectivity index (χ0) is 14.8. The summed E-state index contributed by atoms with van der Waals surface area (Å²) < 4.78 is 6.30. The Balaban J connectivity index is 1.96. The molecule has 21 heavy (non-hydrogen) atoms. The van der Waals surface area contributed by atoms with Crippen molar-refractivity contribution in [2.24, 2.45) is 5.92 Å². The normalized spacial score (nSPS) is 22.4. The number of ether oxygens (including phenoxy) is 1. The third-order valence-electron chi connectivity index (χ3n) is 4.28. The van der Waals surface area contributed by atoms with Gasteiger partial charge in [0.05, 0.1) is 5.39 Å². The molecule has 2 unspecified atom stereocenters. The number of hydrogen-bond donors (Lipinski definition) is 1. The number of anilines is 1. The van der Waals surface area contributed by atoms with Gasteiger partial charge >= 0.3 is 0 Å². The van der Waals surface area contributed by atoms with E-state index in [4.69, 9.17) is 4.74 Å². The maximum Gasteiger partial charge on any atom is 0.227 e.